The van der Waals surface area contributed by atoms with Crippen molar-refractivity contribution in [3.63, 3.8) is 0 Å². The normalized spacial score (nSPS) is 23.1. The van der Waals surface area contributed by atoms with Crippen LogP contribution in [0.15, 0.2) is 24.3 Å². The van der Waals surface area contributed by atoms with Crippen molar-refractivity contribution in [3.8, 4) is 0 Å². The molecule has 1 aromatic carbocycles. The fraction of sp³-hybridized carbons (Fsp3) is 0.500. The summed E-state index contributed by atoms with van der Waals surface area (Å²) in [5.74, 6) is 0. The fourth-order valence-electron chi connectivity index (χ4n) is 3.44. The predicted molar refractivity (Wildman–Crippen MR) is 68.5 cm³/mol. The zero-order valence-corrected chi connectivity index (χ0v) is 11.8. The summed E-state index contributed by atoms with van der Waals surface area (Å²) >= 11 is -2.12. The molecule has 0 bridgehead atoms. The van der Waals surface area contributed by atoms with Crippen molar-refractivity contribution >= 4 is 17.9 Å². The van der Waals surface area contributed by atoms with Crippen LogP contribution in [0.3, 0.4) is 0 Å². The molecule has 0 N–H and O–H groups in total. The number of carbonyl (C=O) groups excluding carboxylic acids is 1. The van der Waals surface area contributed by atoms with Crippen LogP contribution in [-0.4, -0.2) is 17.9 Å². The third kappa shape index (κ3) is 1.56. The average Bonchev–Trinajstić information content (AvgIpc) is 2.36. The Morgan fingerprint density at radius 2 is 1.69 bits per heavy atom. The number of fused-ring (bicyclic) bond motifs is 1. The molecule has 2 aliphatic rings. The molecule has 1 fully saturated rings. The van der Waals surface area contributed by atoms with Crippen LogP contribution >= 0.6 is 0 Å². The minimum absolute atomic E-state index is 0.626. The molecule has 1 nitrogen and oxygen atoms in total. The number of benzene rings is 1. The van der Waals surface area contributed by atoms with Gasteiger partial charge in [0.25, 0.3) is 0 Å². The van der Waals surface area contributed by atoms with Gasteiger partial charge in [-0.15, -0.1) is 0 Å². The number of hydrogen-bond donors (Lipinski definition) is 0. The molecule has 2 heteroatoms. The average molecular weight is 275 g/mol. The van der Waals surface area contributed by atoms with Gasteiger partial charge in [-0.3, -0.25) is 0 Å². The van der Waals surface area contributed by atoms with Gasteiger partial charge in [0.15, 0.2) is 0 Å². The van der Waals surface area contributed by atoms with Gasteiger partial charge in [-0.2, -0.15) is 0 Å². The summed E-state index contributed by atoms with van der Waals surface area (Å²) in [4.78, 5) is 12.7. The van der Waals surface area contributed by atoms with Crippen molar-refractivity contribution < 1.29 is 4.79 Å². The summed E-state index contributed by atoms with van der Waals surface area (Å²) in [6.45, 7) is 0. The monoisotopic (exact) mass is 276 g/mol. The van der Waals surface area contributed by atoms with Crippen LogP contribution < -0.4 is 0 Å². The van der Waals surface area contributed by atoms with E-state index in [-0.39, 0.29) is 0 Å². The molecular weight excluding hydrogens is 257 g/mol. The summed E-state index contributed by atoms with van der Waals surface area (Å²) < 4.78 is 0.626. The summed E-state index contributed by atoms with van der Waals surface area (Å²) in [5.41, 5.74) is 2.41. The van der Waals surface area contributed by atoms with Gasteiger partial charge in [-0.25, -0.2) is 0 Å². The fourth-order valence-corrected chi connectivity index (χ4v) is 13.6. The zero-order valence-electron chi connectivity index (χ0n) is 9.67. The third-order valence-corrected chi connectivity index (χ3v) is 15.0. The Morgan fingerprint density at radius 1 is 0.938 bits per heavy atom. The molecule has 0 radical (unpaired) electrons. The Kier molecular flexibility index (Phi) is 2.66. The van der Waals surface area contributed by atoms with Crippen LogP contribution in [0.5, 0.6) is 0 Å². The van der Waals surface area contributed by atoms with E-state index in [0.717, 1.165) is 5.56 Å². The summed E-state index contributed by atoms with van der Waals surface area (Å²) in [7, 11) is 0. The SMILES string of the molecule is O=[C]1c2ccccc2C[CH2][Ge]12[CH2]CCC[CH2]2. The Hall–Kier alpha value is -0.567. The maximum atomic E-state index is 12.7. The van der Waals surface area contributed by atoms with Crippen molar-refractivity contribution in [1.82, 2.24) is 0 Å². The summed E-state index contributed by atoms with van der Waals surface area (Å²) in [6, 6.07) is 8.31. The molecule has 1 aromatic rings. The second-order valence-corrected chi connectivity index (χ2v) is 14.8. The second-order valence-electron chi connectivity index (χ2n) is 5.33. The van der Waals surface area contributed by atoms with E-state index in [4.69, 9.17) is 0 Å². The van der Waals surface area contributed by atoms with E-state index in [0.29, 0.717) is 4.62 Å². The molecule has 0 aromatic heterocycles. The van der Waals surface area contributed by atoms with Gasteiger partial charge in [-0.05, 0) is 0 Å². The van der Waals surface area contributed by atoms with Gasteiger partial charge in [0.1, 0.15) is 0 Å². The number of hydrogen-bond acceptors (Lipinski definition) is 1. The molecule has 1 spiro atoms. The van der Waals surface area contributed by atoms with E-state index >= 15 is 0 Å². The van der Waals surface area contributed by atoms with Crippen molar-refractivity contribution in [1.29, 1.82) is 0 Å². The van der Waals surface area contributed by atoms with Crippen LogP contribution in [0.25, 0.3) is 0 Å². The molecule has 0 atom stereocenters. The van der Waals surface area contributed by atoms with Crippen molar-refractivity contribution in [2.45, 2.75) is 41.4 Å². The minimum atomic E-state index is -2.12. The van der Waals surface area contributed by atoms with E-state index in [1.807, 2.05) is 6.07 Å². The zero-order chi connectivity index (χ0) is 11.0. The Morgan fingerprint density at radius 3 is 2.50 bits per heavy atom. The van der Waals surface area contributed by atoms with Gasteiger partial charge >= 0.3 is 99.5 Å². The number of aryl methyl sites for hydroxylation is 1. The standard InChI is InChI=1S/C14H18GeO/c16-14-13-7-3-2-6-12(13)8-11-15(14)9-4-1-5-10-15/h2-3,6-7H,1,4-5,8-11H2. The van der Waals surface area contributed by atoms with Crippen molar-refractivity contribution in [2.75, 3.05) is 0 Å². The van der Waals surface area contributed by atoms with Gasteiger partial charge in [-0.1, -0.05) is 0 Å². The van der Waals surface area contributed by atoms with Crippen molar-refractivity contribution in [2.24, 2.45) is 0 Å². The first-order chi connectivity index (χ1) is 7.82. The molecule has 0 aliphatic carbocycles. The number of rotatable bonds is 0. The molecule has 84 valence electrons. The maximum absolute atomic E-state index is 12.7. The molecule has 2 aliphatic heterocycles. The van der Waals surface area contributed by atoms with Gasteiger partial charge in [0.2, 0.25) is 0 Å². The van der Waals surface area contributed by atoms with E-state index < -0.39 is 13.3 Å². The Bertz CT molecular complexity index is 418. The first kappa shape index (κ1) is 10.6. The molecule has 0 unspecified atom stereocenters. The van der Waals surface area contributed by atoms with Crippen LogP contribution in [0.2, 0.25) is 15.8 Å². The summed E-state index contributed by atoms with van der Waals surface area (Å²) in [5, 5.41) is 3.90. The molecule has 3 rings (SSSR count). The molecule has 1 saturated heterocycles. The predicted octanol–water partition coefficient (Wildman–Crippen LogP) is 3.60. The summed E-state index contributed by atoms with van der Waals surface area (Å²) in [6.07, 6.45) is 5.20. The van der Waals surface area contributed by atoms with E-state index in [2.05, 4.69) is 18.2 Å². The van der Waals surface area contributed by atoms with Gasteiger partial charge in [0.05, 0.1) is 0 Å². The first-order valence-corrected chi connectivity index (χ1v) is 11.9. The van der Waals surface area contributed by atoms with Crippen molar-refractivity contribution in [3.05, 3.63) is 35.4 Å². The van der Waals surface area contributed by atoms with Gasteiger partial charge < -0.3 is 0 Å². The topological polar surface area (TPSA) is 17.1 Å². The molecular formula is C14H18GeO. The van der Waals surface area contributed by atoms with E-state index in [1.165, 1.54) is 47.0 Å². The molecule has 2 heterocycles. The van der Waals surface area contributed by atoms with E-state index in [9.17, 15) is 4.79 Å². The molecule has 0 saturated carbocycles. The quantitative estimate of drug-likeness (QED) is 0.661. The van der Waals surface area contributed by atoms with Crippen LogP contribution in [0, 0.1) is 0 Å². The number of carbonyl (C=O) groups is 1. The van der Waals surface area contributed by atoms with Gasteiger partial charge in [0, 0.05) is 0 Å². The third-order valence-electron chi connectivity index (χ3n) is 4.43. The van der Waals surface area contributed by atoms with E-state index in [1.54, 1.807) is 0 Å². The van der Waals surface area contributed by atoms with Crippen LogP contribution in [-0.2, 0) is 6.42 Å². The second kappa shape index (κ2) is 4.03. The Labute approximate surface area is 99.6 Å². The van der Waals surface area contributed by atoms with Crippen LogP contribution in [0.1, 0.15) is 35.2 Å². The Balaban J connectivity index is 2.00. The van der Waals surface area contributed by atoms with Crippen LogP contribution in [0.4, 0.5) is 0 Å². The molecule has 0 amide bonds. The molecule has 16 heavy (non-hydrogen) atoms. The first-order valence-electron chi connectivity index (χ1n) is 6.45.